The minimum absolute atomic E-state index is 0.223. The molecule has 0 radical (unpaired) electrons. The lowest BCUT2D eigenvalue weighted by atomic mass is 10.00. The van der Waals surface area contributed by atoms with E-state index in [-0.39, 0.29) is 34.7 Å². The molecule has 12 heteroatoms. The average Bonchev–Trinajstić information content (AvgIpc) is 3.25. The molecule has 0 N–H and O–H groups in total. The third-order valence-corrected chi connectivity index (χ3v) is 9.03. The maximum Gasteiger partial charge on any atom is 0.416 e. The summed E-state index contributed by atoms with van der Waals surface area (Å²) in [5.74, 6) is -4.75. The molecule has 6 rings (SSSR count). The highest BCUT2D eigenvalue weighted by molar-refractivity contribution is 7.98. The number of hydrogen-bond acceptors (Lipinski definition) is 5. The second-order valence-corrected chi connectivity index (χ2v) is 12.3. The number of methoxy groups -OCH3 is 1. The lowest BCUT2D eigenvalue weighted by molar-refractivity contribution is -0.137. The number of para-hydroxylation sites is 1. The van der Waals surface area contributed by atoms with Crippen LogP contribution in [-0.2, 0) is 34.5 Å². The van der Waals surface area contributed by atoms with E-state index in [1.54, 1.807) is 0 Å². The number of hydrogen-bond donors (Lipinski definition) is 0. The van der Waals surface area contributed by atoms with E-state index in [2.05, 4.69) is 4.74 Å². The van der Waals surface area contributed by atoms with E-state index >= 15 is 9.18 Å². The number of amides is 1. The molecule has 0 atom stereocenters. The number of likely N-dealkylation sites (tertiary alicyclic amines) is 1. The monoisotopic (exact) mass is 751 g/mol. The van der Waals surface area contributed by atoms with Crippen LogP contribution in [0.15, 0.2) is 107 Å². The van der Waals surface area contributed by atoms with Crippen LogP contribution in [0.4, 0.5) is 22.0 Å². The molecule has 0 saturated carbocycles. The van der Waals surface area contributed by atoms with Gasteiger partial charge >= 0.3 is 6.18 Å². The van der Waals surface area contributed by atoms with E-state index in [1.165, 1.54) is 36.4 Å². The Labute approximate surface area is 325 Å². The number of fused-ring (bicyclic) bond motifs is 1. The molecule has 272 valence electrons. The van der Waals surface area contributed by atoms with Crippen molar-refractivity contribution in [3.63, 3.8) is 0 Å². The summed E-state index contributed by atoms with van der Waals surface area (Å²) in [7, 11) is -3.36. The molecule has 6 nitrogen and oxygen atoms in total. The van der Waals surface area contributed by atoms with E-state index in [0.29, 0.717) is 17.2 Å². The standard InChI is InChI=1S/C40H38F5N3O3S/c1-51-22-21-46-19-17-32(18-20-46)47(24-27-9-11-28(12-10-27)29-13-15-31(16-14-29)40(43,44)45)37(50)25-48-35-8-3-2-6-33(35)36(49)23-38(48)52-26-30-5-4-7-34(41)39(30)42/h2-16,23,32H,17-22,24-26H2,1H3/i1D3,2D,3D,6D,8D,21D2,22D2,23D,25D2,26D2. The second-order valence-electron chi connectivity index (χ2n) is 11.5. The number of pyridine rings is 1. The predicted octanol–water partition coefficient (Wildman–Crippen LogP) is 8.40. The first-order valence-electron chi connectivity index (χ1n) is 23.6. The van der Waals surface area contributed by atoms with Crippen molar-refractivity contribution in [2.75, 3.05) is 33.2 Å². The van der Waals surface area contributed by atoms with Crippen molar-refractivity contribution in [1.29, 1.82) is 0 Å². The summed E-state index contributed by atoms with van der Waals surface area (Å²) in [6, 6.07) is 5.91. The van der Waals surface area contributed by atoms with Gasteiger partial charge in [0, 0.05) is 67.4 Å². The number of ether oxygens (including phenoxy) is 1. The Hall–Kier alpha value is -4.52. The number of aromatic nitrogens is 1. The lowest BCUT2D eigenvalue weighted by Crippen LogP contribution is -2.48. The Bertz CT molecular complexity index is 2810. The summed E-state index contributed by atoms with van der Waals surface area (Å²) in [5.41, 5.74) is -6.49. The molecule has 0 aliphatic carbocycles. The minimum Gasteiger partial charge on any atom is -0.383 e. The number of carbonyl (C=O) groups is 1. The van der Waals surface area contributed by atoms with Gasteiger partial charge in [0.1, 0.15) is 6.50 Å². The van der Waals surface area contributed by atoms with Gasteiger partial charge in [-0.25, -0.2) is 8.78 Å². The molecule has 1 fully saturated rings. The van der Waals surface area contributed by atoms with Gasteiger partial charge in [-0.3, -0.25) is 9.59 Å². The summed E-state index contributed by atoms with van der Waals surface area (Å²) in [6.45, 7) is -11.5. The van der Waals surface area contributed by atoms with Crippen LogP contribution < -0.4 is 5.43 Å². The highest BCUT2D eigenvalue weighted by Crippen LogP contribution is 2.32. The highest BCUT2D eigenvalue weighted by atomic mass is 32.2. The molecule has 2 heterocycles. The van der Waals surface area contributed by atoms with Crippen LogP contribution >= 0.6 is 11.8 Å². The molecule has 1 aromatic heterocycles. The number of benzene rings is 4. The van der Waals surface area contributed by atoms with Crippen LogP contribution in [-0.4, -0.2) is 59.5 Å². The molecule has 0 spiro atoms. The molecule has 0 bridgehead atoms. The molecule has 1 amide bonds. The molecular weight excluding hydrogens is 698 g/mol. The summed E-state index contributed by atoms with van der Waals surface area (Å²) in [4.78, 5) is 30.9. The van der Waals surface area contributed by atoms with Gasteiger partial charge < -0.3 is 19.1 Å². The fourth-order valence-corrected chi connectivity index (χ4v) is 6.31. The van der Waals surface area contributed by atoms with Crippen molar-refractivity contribution >= 4 is 28.6 Å². The minimum atomic E-state index is -4.60. The molecule has 4 aromatic carbocycles. The molecule has 0 unspecified atom stereocenters. The van der Waals surface area contributed by atoms with Crippen LogP contribution in [0.3, 0.4) is 0 Å². The normalized spacial score (nSPS) is 20.0. The Morgan fingerprint density at radius 2 is 1.71 bits per heavy atom. The summed E-state index contributed by atoms with van der Waals surface area (Å²) in [5, 5.41) is -2.06. The van der Waals surface area contributed by atoms with Gasteiger partial charge in [-0.2, -0.15) is 13.2 Å². The second kappa shape index (κ2) is 16.4. The van der Waals surface area contributed by atoms with Crippen molar-refractivity contribution in [2.24, 2.45) is 0 Å². The van der Waals surface area contributed by atoms with Gasteiger partial charge in [-0.1, -0.05) is 60.6 Å². The van der Waals surface area contributed by atoms with Crippen LogP contribution in [0.25, 0.3) is 22.0 Å². The van der Waals surface area contributed by atoms with Gasteiger partial charge in [-0.15, -0.1) is 11.8 Å². The number of rotatable bonds is 12. The number of nitrogens with zero attached hydrogens (tertiary/aromatic N) is 3. The van der Waals surface area contributed by atoms with E-state index < -0.39 is 144 Å². The van der Waals surface area contributed by atoms with E-state index in [1.807, 2.05) is 0 Å². The van der Waals surface area contributed by atoms with Gasteiger partial charge in [0.2, 0.25) is 5.91 Å². The Balaban J connectivity index is 1.50. The van der Waals surface area contributed by atoms with E-state index in [9.17, 15) is 25.1 Å². The quantitative estimate of drug-likeness (QED) is 0.0948. The number of piperidine rings is 1. The number of halogens is 5. The SMILES string of the molecule is [2H]c1c([2H])c([2H])c2c(c1[2H])c(=O)c([2H])c(SC([2H])([2H])c1cccc(F)c1F)n2C([2H])([2H])C(=O)N(Cc1ccc(-c2ccc(C(F)(F)F)cc2)cc1)C1CCN(C([2H])([2H])C([2H])([2H])OC([2H])([2H])[2H])CC1. The summed E-state index contributed by atoms with van der Waals surface area (Å²) >= 11 is -0.224. The van der Waals surface area contributed by atoms with Gasteiger partial charge in [0.05, 0.1) is 39.1 Å². The first-order chi connectivity index (χ1) is 31.2. The maximum atomic E-state index is 15.2. The van der Waals surface area contributed by atoms with Crippen molar-refractivity contribution in [2.45, 2.75) is 48.8 Å². The van der Waals surface area contributed by atoms with E-state index in [0.717, 1.165) is 34.1 Å². The average molecular weight is 752 g/mol. The molecule has 1 aliphatic heterocycles. The Morgan fingerprint density at radius 1 is 1.02 bits per heavy atom. The van der Waals surface area contributed by atoms with Crippen LogP contribution in [0.5, 0.6) is 0 Å². The number of thioether (sulfide) groups is 1. The first kappa shape index (κ1) is 21.9. The molecule has 1 aliphatic rings. The van der Waals surface area contributed by atoms with Crippen LogP contribution in [0, 0.1) is 11.6 Å². The van der Waals surface area contributed by atoms with Crippen molar-refractivity contribution in [3.8, 4) is 11.1 Å². The van der Waals surface area contributed by atoms with Crippen molar-refractivity contribution in [3.05, 3.63) is 135 Å². The zero-order valence-electron chi connectivity index (χ0n) is 42.8. The van der Waals surface area contributed by atoms with Gasteiger partial charge in [0.15, 0.2) is 17.1 Å². The van der Waals surface area contributed by atoms with Crippen LogP contribution in [0.1, 0.15) is 51.5 Å². The molecule has 1 saturated heterocycles. The molecule has 5 aromatic rings. The summed E-state index contributed by atoms with van der Waals surface area (Å²) < 4.78 is 209. The third kappa shape index (κ3) is 8.74. The lowest BCUT2D eigenvalue weighted by Gasteiger charge is -2.39. The maximum absolute atomic E-state index is 15.2. The van der Waals surface area contributed by atoms with Crippen molar-refractivity contribution < 1.29 is 53.4 Å². The fourth-order valence-electron chi connectivity index (χ4n) is 5.57. The highest BCUT2D eigenvalue weighted by Gasteiger charge is 2.31. The smallest absolute Gasteiger partial charge is 0.383 e. The third-order valence-electron chi connectivity index (χ3n) is 8.23. The van der Waals surface area contributed by atoms with Crippen LogP contribution in [0.2, 0.25) is 0 Å². The zero-order valence-corrected chi connectivity index (χ0v) is 27.6. The van der Waals surface area contributed by atoms with Crippen molar-refractivity contribution in [1.82, 2.24) is 14.4 Å². The molecular formula is C40H38F5N3O3S. The van der Waals surface area contributed by atoms with Gasteiger partial charge in [-0.05, 0) is 59.8 Å². The fraction of sp³-hybridized carbons (Fsp3) is 0.300. The first-order valence-corrected chi connectivity index (χ1v) is 16.4. The number of alkyl halides is 3. The predicted molar refractivity (Wildman–Crippen MR) is 193 cm³/mol. The molecule has 52 heavy (non-hydrogen) atoms. The largest absolute Gasteiger partial charge is 0.416 e. The number of carbonyl (C=O) groups excluding carboxylic acids is 1. The Morgan fingerprint density at radius 3 is 2.40 bits per heavy atom. The van der Waals surface area contributed by atoms with E-state index in [4.69, 9.17) is 19.2 Å². The Kier molecular flexibility index (Phi) is 6.91. The zero-order chi connectivity index (χ0) is 50.9. The van der Waals surface area contributed by atoms with Gasteiger partial charge in [0.25, 0.3) is 0 Å². The summed E-state index contributed by atoms with van der Waals surface area (Å²) in [6.07, 6.45) is -5.15. The topological polar surface area (TPSA) is 54.8 Å².